The summed E-state index contributed by atoms with van der Waals surface area (Å²) in [5, 5.41) is 3.93. The zero-order valence-corrected chi connectivity index (χ0v) is 9.57. The molecule has 1 heterocycles. The van der Waals surface area contributed by atoms with E-state index in [1.54, 1.807) is 12.4 Å². The first-order valence-electron chi connectivity index (χ1n) is 3.85. The Morgan fingerprint density at radius 1 is 1.69 bits per heavy atom. The van der Waals surface area contributed by atoms with E-state index < -0.39 is 0 Å². The number of rotatable bonds is 3. The number of aromatic nitrogens is 2. The van der Waals surface area contributed by atoms with E-state index in [0.717, 1.165) is 3.57 Å². The van der Waals surface area contributed by atoms with Crippen molar-refractivity contribution in [3.63, 3.8) is 0 Å². The van der Waals surface area contributed by atoms with E-state index in [9.17, 15) is 4.79 Å². The summed E-state index contributed by atoms with van der Waals surface area (Å²) in [7, 11) is 0. The fourth-order valence-corrected chi connectivity index (χ4v) is 1.01. The molecule has 2 N–H and O–H groups in total. The number of hydrazine groups is 1. The minimum atomic E-state index is -0.0643. The van der Waals surface area contributed by atoms with Gasteiger partial charge < -0.3 is 0 Å². The van der Waals surface area contributed by atoms with Gasteiger partial charge in [-0.15, -0.1) is 0 Å². The lowest BCUT2D eigenvalue weighted by Gasteiger charge is -2.09. The van der Waals surface area contributed by atoms with Gasteiger partial charge in [0.15, 0.2) is 0 Å². The Morgan fingerprint density at radius 3 is 2.85 bits per heavy atom. The van der Waals surface area contributed by atoms with Crippen LogP contribution in [0, 0.1) is 9.49 Å². The molecular formula is C7H11IN4O. The standard InChI is InChI=1S/C7H11IN4O/c1-5(2)7(13)10-11-12-4-6(8)3-9-12/h3-5,11H,1-2H3,(H,10,13). The van der Waals surface area contributed by atoms with E-state index in [4.69, 9.17) is 0 Å². The summed E-state index contributed by atoms with van der Waals surface area (Å²) in [5.74, 6) is -0.104. The molecule has 1 aromatic rings. The Morgan fingerprint density at radius 2 is 2.38 bits per heavy atom. The van der Waals surface area contributed by atoms with E-state index in [2.05, 4.69) is 38.7 Å². The second-order valence-corrected chi connectivity index (χ2v) is 4.10. The summed E-state index contributed by atoms with van der Waals surface area (Å²) in [6.07, 6.45) is 3.45. The van der Waals surface area contributed by atoms with Gasteiger partial charge in [-0.25, -0.2) is 5.53 Å². The molecule has 0 saturated heterocycles. The van der Waals surface area contributed by atoms with Crippen molar-refractivity contribution in [1.29, 1.82) is 0 Å². The second-order valence-electron chi connectivity index (χ2n) is 2.86. The first-order chi connectivity index (χ1) is 6.09. The molecule has 0 radical (unpaired) electrons. The van der Waals surface area contributed by atoms with Crippen LogP contribution in [0.2, 0.25) is 0 Å². The molecule has 5 nitrogen and oxygen atoms in total. The SMILES string of the molecule is CC(C)C(=O)NNn1cc(I)cn1. The molecule has 13 heavy (non-hydrogen) atoms. The molecule has 0 saturated carbocycles. The third-order valence-corrected chi connectivity index (χ3v) is 1.93. The Bertz CT molecular complexity index is 296. The summed E-state index contributed by atoms with van der Waals surface area (Å²) < 4.78 is 1.00. The van der Waals surface area contributed by atoms with Crippen molar-refractivity contribution in [3.8, 4) is 0 Å². The average Bonchev–Trinajstić information content (AvgIpc) is 2.47. The van der Waals surface area contributed by atoms with Gasteiger partial charge in [0.25, 0.3) is 0 Å². The lowest BCUT2D eigenvalue weighted by molar-refractivity contribution is -0.123. The first-order valence-corrected chi connectivity index (χ1v) is 4.93. The molecule has 0 spiro atoms. The number of carbonyl (C=O) groups excluding carboxylic acids is 1. The number of hydrogen-bond acceptors (Lipinski definition) is 3. The van der Waals surface area contributed by atoms with Crippen LogP contribution in [0.15, 0.2) is 12.4 Å². The fourth-order valence-electron chi connectivity index (χ4n) is 0.619. The van der Waals surface area contributed by atoms with Gasteiger partial charge in [-0.05, 0) is 22.6 Å². The van der Waals surface area contributed by atoms with Crippen LogP contribution in [-0.2, 0) is 4.79 Å². The minimum Gasteiger partial charge on any atom is -0.273 e. The number of amides is 1. The number of halogens is 1. The Hall–Kier alpha value is -0.790. The highest BCUT2D eigenvalue weighted by Gasteiger charge is 2.05. The molecule has 72 valence electrons. The van der Waals surface area contributed by atoms with Crippen LogP contribution in [0.3, 0.4) is 0 Å². The van der Waals surface area contributed by atoms with Crippen LogP contribution in [0.1, 0.15) is 13.8 Å². The topological polar surface area (TPSA) is 59.0 Å². The largest absolute Gasteiger partial charge is 0.273 e. The van der Waals surface area contributed by atoms with Gasteiger partial charge in [0, 0.05) is 5.92 Å². The van der Waals surface area contributed by atoms with E-state index in [-0.39, 0.29) is 11.8 Å². The molecule has 1 aromatic heterocycles. The van der Waals surface area contributed by atoms with Gasteiger partial charge in [0.1, 0.15) is 0 Å². The van der Waals surface area contributed by atoms with Crippen molar-refractivity contribution in [3.05, 3.63) is 16.0 Å². The number of nitrogens with one attached hydrogen (secondary N) is 2. The summed E-state index contributed by atoms with van der Waals surface area (Å²) in [6.45, 7) is 3.65. The van der Waals surface area contributed by atoms with Crippen molar-refractivity contribution in [2.24, 2.45) is 5.92 Å². The molecule has 0 fully saturated rings. The molecule has 0 aliphatic carbocycles. The summed E-state index contributed by atoms with van der Waals surface area (Å²) in [5.41, 5.74) is 5.17. The maximum atomic E-state index is 11.1. The molecule has 0 aliphatic rings. The normalized spacial score (nSPS) is 10.2. The smallest absolute Gasteiger partial charge is 0.242 e. The number of nitrogens with zero attached hydrogens (tertiary/aromatic N) is 2. The van der Waals surface area contributed by atoms with Gasteiger partial charge in [-0.3, -0.25) is 10.2 Å². The lowest BCUT2D eigenvalue weighted by atomic mass is 10.2. The first kappa shape index (κ1) is 10.3. The van der Waals surface area contributed by atoms with Gasteiger partial charge in [0.05, 0.1) is 16.0 Å². The maximum Gasteiger partial charge on any atom is 0.242 e. The maximum absolute atomic E-state index is 11.1. The van der Waals surface area contributed by atoms with Crippen LogP contribution in [0.4, 0.5) is 0 Å². The Balaban J connectivity index is 2.39. The third kappa shape index (κ3) is 3.21. The van der Waals surface area contributed by atoms with E-state index in [1.165, 1.54) is 4.79 Å². The van der Waals surface area contributed by atoms with Gasteiger partial charge in [-0.1, -0.05) is 13.8 Å². The predicted molar refractivity (Wildman–Crippen MR) is 57.3 cm³/mol. The minimum absolute atomic E-state index is 0.0397. The van der Waals surface area contributed by atoms with Crippen molar-refractivity contribution < 1.29 is 4.79 Å². The monoisotopic (exact) mass is 294 g/mol. The van der Waals surface area contributed by atoms with Crippen molar-refractivity contribution in [1.82, 2.24) is 15.3 Å². The quantitative estimate of drug-likeness (QED) is 0.638. The van der Waals surface area contributed by atoms with Gasteiger partial charge >= 0.3 is 0 Å². The van der Waals surface area contributed by atoms with E-state index >= 15 is 0 Å². The molecule has 0 aliphatic heterocycles. The highest BCUT2D eigenvalue weighted by atomic mass is 127. The predicted octanol–water partition coefficient (Wildman–Crippen LogP) is 0.718. The fraction of sp³-hybridized carbons (Fsp3) is 0.429. The van der Waals surface area contributed by atoms with Crippen LogP contribution < -0.4 is 11.0 Å². The third-order valence-electron chi connectivity index (χ3n) is 1.37. The average molecular weight is 294 g/mol. The summed E-state index contributed by atoms with van der Waals surface area (Å²) >= 11 is 2.14. The molecule has 1 rings (SSSR count). The molecule has 0 bridgehead atoms. The number of carbonyl (C=O) groups is 1. The molecular weight excluding hydrogens is 283 g/mol. The van der Waals surface area contributed by atoms with Gasteiger partial charge in [0.2, 0.25) is 5.91 Å². The van der Waals surface area contributed by atoms with Crippen LogP contribution >= 0.6 is 22.6 Å². The Kier molecular flexibility index (Phi) is 3.52. The summed E-state index contributed by atoms with van der Waals surface area (Å²) in [4.78, 5) is 12.6. The number of hydrogen-bond donors (Lipinski definition) is 2. The molecule has 0 aromatic carbocycles. The van der Waals surface area contributed by atoms with Crippen LogP contribution in [0.25, 0.3) is 0 Å². The van der Waals surface area contributed by atoms with Crippen molar-refractivity contribution >= 4 is 28.5 Å². The zero-order chi connectivity index (χ0) is 9.84. The highest BCUT2D eigenvalue weighted by molar-refractivity contribution is 14.1. The molecule has 0 unspecified atom stereocenters. The lowest BCUT2D eigenvalue weighted by Crippen LogP contribution is -2.38. The van der Waals surface area contributed by atoms with Gasteiger partial charge in [-0.2, -0.15) is 9.89 Å². The summed E-state index contributed by atoms with van der Waals surface area (Å²) in [6, 6.07) is 0. The molecule has 1 amide bonds. The molecule has 6 heteroatoms. The van der Waals surface area contributed by atoms with E-state index in [1.807, 2.05) is 13.8 Å². The van der Waals surface area contributed by atoms with Crippen molar-refractivity contribution in [2.75, 3.05) is 5.53 Å². The zero-order valence-electron chi connectivity index (χ0n) is 7.41. The van der Waals surface area contributed by atoms with E-state index in [0.29, 0.717) is 0 Å². The Labute approximate surface area is 90.0 Å². The highest BCUT2D eigenvalue weighted by Crippen LogP contribution is 1.98. The molecule has 0 atom stereocenters. The van der Waals surface area contributed by atoms with Crippen molar-refractivity contribution in [2.45, 2.75) is 13.8 Å². The van der Waals surface area contributed by atoms with Crippen LogP contribution in [0.5, 0.6) is 0 Å². The second kappa shape index (κ2) is 4.45. The van der Waals surface area contributed by atoms with Crippen LogP contribution in [-0.4, -0.2) is 15.8 Å².